The van der Waals surface area contributed by atoms with E-state index in [1.54, 1.807) is 0 Å². The minimum atomic E-state index is -4.91. The molecule has 1 aliphatic rings. The fraction of sp³-hybridized carbons (Fsp3) is 0.533. The fourth-order valence-electron chi connectivity index (χ4n) is 2.99. The van der Waals surface area contributed by atoms with E-state index in [1.807, 2.05) is 0 Å². The van der Waals surface area contributed by atoms with Gasteiger partial charge in [0.1, 0.15) is 6.04 Å². The number of halogens is 3. The quantitative estimate of drug-likeness (QED) is 0.384. The highest BCUT2D eigenvalue weighted by Crippen LogP contribution is 2.60. The third-order valence-corrected chi connectivity index (χ3v) is 6.51. The van der Waals surface area contributed by atoms with Crippen LogP contribution >= 0.6 is 7.60 Å². The van der Waals surface area contributed by atoms with E-state index >= 15 is 0 Å². The molecule has 1 heterocycles. The summed E-state index contributed by atoms with van der Waals surface area (Å²) in [7, 11) is -4.23. The Hall–Kier alpha value is -1.97. The maximum absolute atomic E-state index is 13.8. The van der Waals surface area contributed by atoms with E-state index in [-0.39, 0.29) is 24.6 Å². The van der Waals surface area contributed by atoms with Crippen LogP contribution in [0.15, 0.2) is 24.3 Å². The maximum Gasteiger partial charge on any atom is 0.410 e. The minimum absolute atomic E-state index is 0.149. The first-order valence-electron chi connectivity index (χ1n) is 8.07. The van der Waals surface area contributed by atoms with Crippen molar-refractivity contribution in [2.45, 2.75) is 38.1 Å². The van der Waals surface area contributed by atoms with Crippen molar-refractivity contribution in [2.24, 2.45) is 0 Å². The average molecular weight is 410 g/mol. The molecule has 1 aliphatic heterocycles. The number of carbonyl (C=O) groups excluding carboxylic acids is 1. The molecular formula is C15H18F3N2O6P. The van der Waals surface area contributed by atoms with Crippen molar-refractivity contribution in [3.8, 4) is 0 Å². The van der Waals surface area contributed by atoms with E-state index in [0.29, 0.717) is 4.90 Å². The van der Waals surface area contributed by atoms with Crippen LogP contribution in [-0.4, -0.2) is 41.9 Å². The average Bonchev–Trinajstić information content (AvgIpc) is 2.94. The predicted molar refractivity (Wildman–Crippen MR) is 89.7 cm³/mol. The van der Waals surface area contributed by atoms with Gasteiger partial charge in [-0.1, -0.05) is 0 Å². The second-order valence-corrected chi connectivity index (χ2v) is 7.93. The number of anilines is 1. The maximum atomic E-state index is 13.8. The van der Waals surface area contributed by atoms with E-state index in [4.69, 9.17) is 9.05 Å². The van der Waals surface area contributed by atoms with Gasteiger partial charge in [0.05, 0.1) is 23.8 Å². The molecule has 0 aliphatic carbocycles. The number of nitrogens with zero attached hydrogens (tertiary/aromatic N) is 2. The van der Waals surface area contributed by atoms with E-state index in [0.717, 1.165) is 24.3 Å². The molecule has 150 valence electrons. The lowest BCUT2D eigenvalue weighted by atomic mass is 10.2. The number of non-ortho nitro benzene ring substituents is 1. The van der Waals surface area contributed by atoms with Crippen molar-refractivity contribution >= 4 is 24.9 Å². The number of rotatable bonds is 7. The smallest absolute Gasteiger partial charge is 0.309 e. The Bertz CT molecular complexity index is 745. The number of benzene rings is 1. The Morgan fingerprint density at radius 1 is 1.22 bits per heavy atom. The van der Waals surface area contributed by atoms with Gasteiger partial charge in [0.25, 0.3) is 5.69 Å². The van der Waals surface area contributed by atoms with Gasteiger partial charge in [0, 0.05) is 24.2 Å². The summed E-state index contributed by atoms with van der Waals surface area (Å²) in [6, 6.07) is 1.64. The van der Waals surface area contributed by atoms with Gasteiger partial charge in [-0.25, -0.2) is 0 Å². The van der Waals surface area contributed by atoms with Crippen LogP contribution in [0.1, 0.15) is 20.3 Å². The van der Waals surface area contributed by atoms with Gasteiger partial charge < -0.3 is 9.05 Å². The standard InChI is InChI=1S/C15H18F3N2O6P/c1-3-25-27(24,26-4-2)12-9-13(21)19(14(12)15(16,17)18)10-5-7-11(8-6-10)20(22)23/h5-8,12,14H,3-4,9H2,1-2H3/t12-,14-/m0/s1. The van der Waals surface area contributed by atoms with Crippen molar-refractivity contribution in [1.82, 2.24) is 0 Å². The first-order valence-corrected chi connectivity index (χ1v) is 9.68. The number of nitro benzene ring substituents is 1. The van der Waals surface area contributed by atoms with Crippen LogP contribution in [0.2, 0.25) is 0 Å². The van der Waals surface area contributed by atoms with Crippen molar-refractivity contribution in [2.75, 3.05) is 18.1 Å². The van der Waals surface area contributed by atoms with Crippen molar-refractivity contribution < 1.29 is 36.5 Å². The highest BCUT2D eigenvalue weighted by atomic mass is 31.2. The van der Waals surface area contributed by atoms with Gasteiger partial charge in [0.2, 0.25) is 5.91 Å². The zero-order valence-electron chi connectivity index (χ0n) is 14.5. The van der Waals surface area contributed by atoms with E-state index in [9.17, 15) is 32.6 Å². The summed E-state index contributed by atoms with van der Waals surface area (Å²) in [5.41, 5.74) is -2.25. The first kappa shape index (κ1) is 21.3. The third kappa shape index (κ3) is 4.31. The summed E-state index contributed by atoms with van der Waals surface area (Å²) in [5, 5.41) is 10.7. The Morgan fingerprint density at radius 3 is 2.15 bits per heavy atom. The summed E-state index contributed by atoms with van der Waals surface area (Å²) in [6.07, 6.45) is -5.60. The van der Waals surface area contributed by atoms with Gasteiger partial charge in [-0.2, -0.15) is 13.2 Å². The summed E-state index contributed by atoms with van der Waals surface area (Å²) >= 11 is 0. The minimum Gasteiger partial charge on any atom is -0.309 e. The van der Waals surface area contributed by atoms with E-state index < -0.39 is 42.7 Å². The summed E-state index contributed by atoms with van der Waals surface area (Å²) in [4.78, 5) is 22.8. The largest absolute Gasteiger partial charge is 0.410 e. The van der Waals surface area contributed by atoms with Crippen LogP contribution in [-0.2, 0) is 18.4 Å². The molecule has 1 fully saturated rings. The molecule has 0 spiro atoms. The van der Waals surface area contributed by atoms with Gasteiger partial charge in [0.15, 0.2) is 0 Å². The molecule has 8 nitrogen and oxygen atoms in total. The molecule has 0 radical (unpaired) electrons. The van der Waals surface area contributed by atoms with Crippen LogP contribution in [0.4, 0.5) is 24.5 Å². The highest BCUT2D eigenvalue weighted by Gasteiger charge is 2.62. The number of amides is 1. The number of carbonyl (C=O) groups is 1. The zero-order valence-corrected chi connectivity index (χ0v) is 15.4. The summed E-state index contributed by atoms with van der Waals surface area (Å²) in [5.74, 6) is -0.921. The van der Waals surface area contributed by atoms with Gasteiger partial charge in [-0.05, 0) is 26.0 Å². The number of hydrogen-bond donors (Lipinski definition) is 0. The molecule has 0 aromatic heterocycles. The Morgan fingerprint density at radius 2 is 1.74 bits per heavy atom. The summed E-state index contributed by atoms with van der Waals surface area (Å²) in [6.45, 7) is 2.62. The number of hydrogen-bond acceptors (Lipinski definition) is 6. The highest BCUT2D eigenvalue weighted by molar-refractivity contribution is 7.54. The Balaban J connectivity index is 2.50. The molecular weight excluding hydrogens is 392 g/mol. The Labute approximate surface area is 152 Å². The van der Waals surface area contributed by atoms with Crippen molar-refractivity contribution in [1.29, 1.82) is 0 Å². The molecule has 0 unspecified atom stereocenters. The van der Waals surface area contributed by atoms with Crippen molar-refractivity contribution in [3.63, 3.8) is 0 Å². The lowest BCUT2D eigenvalue weighted by Gasteiger charge is -2.32. The molecule has 2 rings (SSSR count). The van der Waals surface area contributed by atoms with Gasteiger partial charge >= 0.3 is 13.8 Å². The number of alkyl halides is 3. The topological polar surface area (TPSA) is 99.0 Å². The lowest BCUT2D eigenvalue weighted by Crippen LogP contribution is -2.48. The third-order valence-electron chi connectivity index (χ3n) is 3.99. The second-order valence-electron chi connectivity index (χ2n) is 5.67. The van der Waals surface area contributed by atoms with Gasteiger partial charge in [-0.3, -0.25) is 24.4 Å². The molecule has 27 heavy (non-hydrogen) atoms. The first-order chi connectivity index (χ1) is 12.5. The molecule has 1 saturated heterocycles. The zero-order chi connectivity index (χ0) is 20.4. The number of nitro groups is 1. The van der Waals surface area contributed by atoms with Crippen molar-refractivity contribution in [3.05, 3.63) is 34.4 Å². The van der Waals surface area contributed by atoms with E-state index in [2.05, 4.69) is 0 Å². The second kappa shape index (κ2) is 7.95. The molecule has 0 bridgehead atoms. The van der Waals surface area contributed by atoms with Crippen LogP contribution in [0, 0.1) is 10.1 Å². The normalized spacial score (nSPS) is 20.9. The molecule has 0 N–H and O–H groups in total. The summed E-state index contributed by atoms with van der Waals surface area (Å²) < 4.78 is 64.4. The molecule has 1 aromatic carbocycles. The molecule has 12 heteroatoms. The van der Waals surface area contributed by atoms with E-state index in [1.165, 1.54) is 13.8 Å². The monoisotopic (exact) mass is 410 g/mol. The molecule has 1 aromatic rings. The van der Waals surface area contributed by atoms with Crippen LogP contribution in [0.25, 0.3) is 0 Å². The SMILES string of the molecule is CCOP(=O)(OCC)[C@H]1CC(=O)N(c2ccc([N+](=O)[O-])cc2)[C@@H]1C(F)(F)F. The van der Waals surface area contributed by atoms with Crippen LogP contribution < -0.4 is 4.90 Å². The van der Waals surface area contributed by atoms with Gasteiger partial charge in [-0.15, -0.1) is 0 Å². The predicted octanol–water partition coefficient (Wildman–Crippen LogP) is 3.90. The van der Waals surface area contributed by atoms with Crippen LogP contribution in [0.5, 0.6) is 0 Å². The molecule has 2 atom stereocenters. The lowest BCUT2D eigenvalue weighted by molar-refractivity contribution is -0.384. The Kier molecular flexibility index (Phi) is 6.28. The molecule has 1 amide bonds. The van der Waals surface area contributed by atoms with Crippen LogP contribution in [0.3, 0.4) is 0 Å². The molecule has 0 saturated carbocycles. The fourth-order valence-corrected chi connectivity index (χ4v) is 5.20.